The van der Waals surface area contributed by atoms with E-state index in [1.807, 2.05) is 0 Å². The fraction of sp³-hybridized carbons (Fsp3) is 0.0417. The van der Waals surface area contributed by atoms with E-state index in [2.05, 4.69) is 16.8 Å². The molecule has 0 bridgehead atoms. The number of carboxylic acid groups (broad SMARTS) is 2. The standard InChI is InChI=1S/C24H13NO6/c26-21-18-6-5-13(3-4-14-2-1-7-25-12-14)8-19(18)22(27)20(21)15-9-16(23(28)29)11-17(10-15)24(30)31/h1-2,5-12,20H,(H,28,29)(H,30,31). The maximum atomic E-state index is 13.0. The molecule has 2 N–H and O–H groups in total. The van der Waals surface area contributed by atoms with Crippen molar-refractivity contribution in [1.82, 2.24) is 4.98 Å². The summed E-state index contributed by atoms with van der Waals surface area (Å²) in [5.74, 6) is 0.803. The molecule has 0 aliphatic heterocycles. The molecule has 2 aromatic carbocycles. The number of carbonyl (C=O) groups is 4. The molecule has 7 heteroatoms. The maximum absolute atomic E-state index is 13.0. The molecular weight excluding hydrogens is 398 g/mol. The van der Waals surface area contributed by atoms with Gasteiger partial charge in [-0.2, -0.15) is 0 Å². The van der Waals surface area contributed by atoms with Gasteiger partial charge in [-0.05, 0) is 54.1 Å². The topological polar surface area (TPSA) is 122 Å². The first-order valence-electron chi connectivity index (χ1n) is 9.11. The van der Waals surface area contributed by atoms with E-state index in [0.717, 1.165) is 18.2 Å². The van der Waals surface area contributed by atoms with E-state index in [9.17, 15) is 29.4 Å². The summed E-state index contributed by atoms with van der Waals surface area (Å²) in [7, 11) is 0. The molecule has 0 fully saturated rings. The second-order valence-electron chi connectivity index (χ2n) is 6.87. The number of benzene rings is 2. The number of pyridine rings is 1. The third-order valence-corrected chi connectivity index (χ3v) is 4.87. The average Bonchev–Trinajstić information content (AvgIpc) is 3.02. The number of Topliss-reactive ketones (excluding diaryl/α,β-unsaturated/α-hetero) is 2. The Balaban J connectivity index is 1.74. The van der Waals surface area contributed by atoms with Gasteiger partial charge in [-0.1, -0.05) is 11.8 Å². The lowest BCUT2D eigenvalue weighted by Crippen LogP contribution is -2.15. The lowest BCUT2D eigenvalue weighted by atomic mass is 9.91. The van der Waals surface area contributed by atoms with E-state index >= 15 is 0 Å². The van der Waals surface area contributed by atoms with Gasteiger partial charge in [-0.15, -0.1) is 0 Å². The van der Waals surface area contributed by atoms with Crippen molar-refractivity contribution in [2.45, 2.75) is 5.92 Å². The number of carbonyl (C=O) groups excluding carboxylic acids is 2. The maximum Gasteiger partial charge on any atom is 0.335 e. The van der Waals surface area contributed by atoms with Crippen LogP contribution in [0.1, 0.15) is 64.0 Å². The van der Waals surface area contributed by atoms with Crippen molar-refractivity contribution >= 4 is 23.5 Å². The van der Waals surface area contributed by atoms with Crippen molar-refractivity contribution in [1.29, 1.82) is 0 Å². The predicted octanol–water partition coefficient (Wildman–Crippen LogP) is 3.04. The molecule has 0 amide bonds. The van der Waals surface area contributed by atoms with Gasteiger partial charge in [0.05, 0.1) is 11.1 Å². The zero-order valence-corrected chi connectivity index (χ0v) is 15.8. The molecule has 0 spiro atoms. The van der Waals surface area contributed by atoms with E-state index in [1.165, 1.54) is 12.1 Å². The van der Waals surface area contributed by atoms with Crippen LogP contribution in [0.5, 0.6) is 0 Å². The SMILES string of the molecule is O=C(O)c1cc(C(=O)O)cc(C2C(=O)c3ccc(C#Cc4cccnc4)cc3C2=O)c1. The van der Waals surface area contributed by atoms with Crippen LogP contribution >= 0.6 is 0 Å². The highest BCUT2D eigenvalue weighted by Crippen LogP contribution is 2.35. The second-order valence-corrected chi connectivity index (χ2v) is 6.87. The van der Waals surface area contributed by atoms with Crippen LogP contribution in [0.4, 0.5) is 0 Å². The number of rotatable bonds is 3. The van der Waals surface area contributed by atoms with E-state index in [4.69, 9.17) is 0 Å². The van der Waals surface area contributed by atoms with Crippen molar-refractivity contribution < 1.29 is 29.4 Å². The summed E-state index contributed by atoms with van der Waals surface area (Å²) in [6.07, 6.45) is 3.22. The molecule has 3 aromatic rings. The highest BCUT2D eigenvalue weighted by molar-refractivity contribution is 6.30. The first-order chi connectivity index (χ1) is 14.8. The molecule has 0 radical (unpaired) electrons. The summed E-state index contributed by atoms with van der Waals surface area (Å²) < 4.78 is 0. The second kappa shape index (κ2) is 7.69. The van der Waals surface area contributed by atoms with E-state index < -0.39 is 29.4 Å². The van der Waals surface area contributed by atoms with Crippen molar-refractivity contribution in [2.24, 2.45) is 0 Å². The van der Waals surface area contributed by atoms with E-state index in [1.54, 1.807) is 30.6 Å². The molecule has 4 rings (SSSR count). The number of hydrogen-bond acceptors (Lipinski definition) is 5. The summed E-state index contributed by atoms with van der Waals surface area (Å²) in [4.78, 5) is 52.6. The summed E-state index contributed by atoms with van der Waals surface area (Å²) in [5, 5.41) is 18.5. The van der Waals surface area contributed by atoms with Crippen LogP contribution in [0.15, 0.2) is 60.9 Å². The molecule has 1 atom stereocenters. The summed E-state index contributed by atoms with van der Waals surface area (Å²) in [5.41, 5.74) is 0.991. The van der Waals surface area contributed by atoms with Crippen LogP contribution in [0.3, 0.4) is 0 Å². The average molecular weight is 411 g/mol. The van der Waals surface area contributed by atoms with Gasteiger partial charge in [0.1, 0.15) is 5.92 Å². The Morgan fingerprint density at radius 3 is 2.06 bits per heavy atom. The van der Waals surface area contributed by atoms with Crippen LogP contribution in [0, 0.1) is 11.8 Å². The monoisotopic (exact) mass is 411 g/mol. The van der Waals surface area contributed by atoms with Gasteiger partial charge in [0.2, 0.25) is 0 Å². The zero-order valence-electron chi connectivity index (χ0n) is 15.8. The molecule has 1 aliphatic carbocycles. The fourth-order valence-electron chi connectivity index (χ4n) is 3.42. The molecule has 0 saturated heterocycles. The lowest BCUT2D eigenvalue weighted by molar-refractivity contribution is 0.0694. The van der Waals surface area contributed by atoms with Crippen molar-refractivity contribution in [3.05, 3.63) is 99.9 Å². The molecule has 1 aliphatic rings. The Labute approximate surface area is 176 Å². The first-order valence-corrected chi connectivity index (χ1v) is 9.11. The van der Waals surface area contributed by atoms with Crippen LogP contribution in [-0.4, -0.2) is 38.7 Å². The highest BCUT2D eigenvalue weighted by Gasteiger charge is 2.40. The molecule has 7 nitrogen and oxygen atoms in total. The predicted molar refractivity (Wildman–Crippen MR) is 108 cm³/mol. The van der Waals surface area contributed by atoms with Gasteiger partial charge in [-0.3, -0.25) is 14.6 Å². The number of ketones is 2. The molecular formula is C24H13NO6. The number of aromatic nitrogens is 1. The third kappa shape index (κ3) is 3.70. The van der Waals surface area contributed by atoms with Gasteiger partial charge in [0.15, 0.2) is 11.6 Å². The molecule has 150 valence electrons. The molecule has 1 unspecified atom stereocenters. The number of hydrogen-bond donors (Lipinski definition) is 2. The molecule has 0 saturated carbocycles. The Hall–Kier alpha value is -4.57. The van der Waals surface area contributed by atoms with E-state index in [0.29, 0.717) is 11.1 Å². The van der Waals surface area contributed by atoms with Gasteiger partial charge < -0.3 is 10.2 Å². The molecule has 1 aromatic heterocycles. The summed E-state index contributed by atoms with van der Waals surface area (Å²) in [6, 6.07) is 11.5. The molecule has 1 heterocycles. The minimum Gasteiger partial charge on any atom is -0.478 e. The Morgan fingerprint density at radius 1 is 0.806 bits per heavy atom. The highest BCUT2D eigenvalue weighted by atomic mass is 16.4. The van der Waals surface area contributed by atoms with Crippen molar-refractivity contribution in [3.8, 4) is 11.8 Å². The van der Waals surface area contributed by atoms with Crippen molar-refractivity contribution in [3.63, 3.8) is 0 Å². The lowest BCUT2D eigenvalue weighted by Gasteiger charge is -2.10. The fourth-order valence-corrected chi connectivity index (χ4v) is 3.42. The van der Waals surface area contributed by atoms with E-state index in [-0.39, 0.29) is 27.8 Å². The number of fused-ring (bicyclic) bond motifs is 1. The summed E-state index contributed by atoms with van der Waals surface area (Å²) >= 11 is 0. The smallest absolute Gasteiger partial charge is 0.335 e. The van der Waals surface area contributed by atoms with Crippen LogP contribution in [-0.2, 0) is 0 Å². The minimum absolute atomic E-state index is 0.0338. The van der Waals surface area contributed by atoms with Gasteiger partial charge in [-0.25, -0.2) is 9.59 Å². The van der Waals surface area contributed by atoms with Gasteiger partial charge in [0.25, 0.3) is 0 Å². The largest absolute Gasteiger partial charge is 0.478 e. The first kappa shape index (κ1) is 19.7. The zero-order chi connectivity index (χ0) is 22.1. The Kier molecular flexibility index (Phi) is 4.89. The quantitative estimate of drug-likeness (QED) is 0.502. The number of aromatic carboxylic acids is 2. The van der Waals surface area contributed by atoms with Crippen molar-refractivity contribution in [2.75, 3.05) is 0 Å². The van der Waals surface area contributed by atoms with Crippen LogP contribution in [0.25, 0.3) is 0 Å². The number of nitrogens with zero attached hydrogens (tertiary/aromatic N) is 1. The third-order valence-electron chi connectivity index (χ3n) is 4.87. The Bertz CT molecular complexity index is 1300. The van der Waals surface area contributed by atoms with Gasteiger partial charge in [0, 0.05) is 34.6 Å². The normalized spacial score (nSPS) is 14.5. The number of carboxylic acids is 2. The van der Waals surface area contributed by atoms with Crippen LogP contribution in [0.2, 0.25) is 0 Å². The Morgan fingerprint density at radius 2 is 1.45 bits per heavy atom. The van der Waals surface area contributed by atoms with Gasteiger partial charge >= 0.3 is 11.9 Å². The molecule has 31 heavy (non-hydrogen) atoms. The van der Waals surface area contributed by atoms with Crippen LogP contribution < -0.4 is 0 Å². The minimum atomic E-state index is -1.35. The summed E-state index contributed by atoms with van der Waals surface area (Å²) in [6.45, 7) is 0.